The van der Waals surface area contributed by atoms with Crippen molar-refractivity contribution in [2.24, 2.45) is 0 Å². The van der Waals surface area contributed by atoms with Crippen LogP contribution >= 0.6 is 0 Å². The Kier molecular flexibility index (Phi) is 5.10. The number of carboxylic acids is 1. The number of benzene rings is 1. The number of carboxylic acid groups (broad SMARTS) is 1. The first-order valence-corrected chi connectivity index (χ1v) is 8.06. The Morgan fingerprint density at radius 1 is 1.28 bits per heavy atom. The van der Waals surface area contributed by atoms with E-state index in [1.54, 1.807) is 6.92 Å². The molecule has 1 amide bonds. The minimum Gasteiger partial charge on any atom is -0.480 e. The van der Waals surface area contributed by atoms with Gasteiger partial charge in [0, 0.05) is 12.1 Å². The normalized spacial score (nSPS) is 13.4. The molecule has 3 N–H and O–H groups in total. The van der Waals surface area contributed by atoms with Crippen molar-refractivity contribution in [3.05, 3.63) is 44.6 Å². The highest BCUT2D eigenvalue weighted by Crippen LogP contribution is 2.15. The van der Waals surface area contributed by atoms with E-state index in [2.05, 4.69) is 10.3 Å². The summed E-state index contributed by atoms with van der Waals surface area (Å²) in [5.41, 5.74) is -1.98. The molecule has 8 heteroatoms. The fourth-order valence-electron chi connectivity index (χ4n) is 2.73. The number of carbonyl (C=O) groups is 2. The third-order valence-corrected chi connectivity index (χ3v) is 4.17. The number of amides is 1. The van der Waals surface area contributed by atoms with Gasteiger partial charge in [-0.15, -0.1) is 0 Å². The maximum atomic E-state index is 12.4. The first-order valence-electron chi connectivity index (χ1n) is 8.06. The van der Waals surface area contributed by atoms with Crippen molar-refractivity contribution >= 4 is 22.8 Å². The van der Waals surface area contributed by atoms with E-state index in [1.165, 1.54) is 25.1 Å². The molecule has 0 spiro atoms. The molecule has 1 heterocycles. The van der Waals surface area contributed by atoms with Crippen molar-refractivity contribution in [3.8, 4) is 0 Å². The Morgan fingerprint density at radius 2 is 1.96 bits per heavy atom. The van der Waals surface area contributed by atoms with Crippen molar-refractivity contribution in [3.63, 3.8) is 0 Å². The highest BCUT2D eigenvalue weighted by atomic mass is 16.4. The number of carbonyl (C=O) groups excluding carboxylic acids is 1. The van der Waals surface area contributed by atoms with E-state index in [4.69, 9.17) is 0 Å². The van der Waals surface area contributed by atoms with Gasteiger partial charge in [-0.05, 0) is 38.5 Å². The summed E-state index contributed by atoms with van der Waals surface area (Å²) in [7, 11) is 0. The van der Waals surface area contributed by atoms with E-state index in [0.29, 0.717) is 6.42 Å². The Labute approximate surface area is 143 Å². The van der Waals surface area contributed by atoms with Crippen LogP contribution in [0.1, 0.15) is 44.0 Å². The summed E-state index contributed by atoms with van der Waals surface area (Å²) >= 11 is 0. The molecule has 134 valence electrons. The topological polar surface area (TPSA) is 121 Å². The van der Waals surface area contributed by atoms with E-state index in [0.717, 1.165) is 4.57 Å². The lowest BCUT2D eigenvalue weighted by Crippen LogP contribution is -2.52. The number of hydrogen-bond acceptors (Lipinski definition) is 4. The van der Waals surface area contributed by atoms with Gasteiger partial charge in [0.05, 0.1) is 10.9 Å². The van der Waals surface area contributed by atoms with Crippen LogP contribution < -0.4 is 16.6 Å². The van der Waals surface area contributed by atoms with E-state index < -0.39 is 28.7 Å². The highest BCUT2D eigenvalue weighted by Gasteiger charge is 2.34. The minimum atomic E-state index is -1.39. The van der Waals surface area contributed by atoms with Crippen LogP contribution in [-0.2, 0) is 11.3 Å². The lowest BCUT2D eigenvalue weighted by atomic mass is 9.95. The number of nitrogens with one attached hydrogen (secondary N) is 2. The maximum Gasteiger partial charge on any atom is 0.329 e. The third-order valence-electron chi connectivity index (χ3n) is 4.17. The maximum absolute atomic E-state index is 12.4. The van der Waals surface area contributed by atoms with Gasteiger partial charge in [0.15, 0.2) is 0 Å². The average Bonchev–Trinajstić information content (AvgIpc) is 2.54. The molecule has 0 radical (unpaired) electrons. The molecule has 2 rings (SSSR count). The molecule has 0 saturated heterocycles. The van der Waals surface area contributed by atoms with Gasteiger partial charge < -0.3 is 15.4 Å². The summed E-state index contributed by atoms with van der Waals surface area (Å²) < 4.78 is 1.06. The molecule has 1 unspecified atom stereocenters. The summed E-state index contributed by atoms with van der Waals surface area (Å²) in [6, 6.07) is 4.26. The molecule has 8 nitrogen and oxygen atoms in total. The van der Waals surface area contributed by atoms with Crippen LogP contribution in [0.15, 0.2) is 27.8 Å². The molecular formula is C17H21N3O5. The zero-order chi connectivity index (χ0) is 18.8. The van der Waals surface area contributed by atoms with Crippen molar-refractivity contribution in [2.75, 3.05) is 0 Å². The largest absolute Gasteiger partial charge is 0.480 e. The summed E-state index contributed by atoms with van der Waals surface area (Å²) in [6.45, 7) is 5.19. The van der Waals surface area contributed by atoms with Gasteiger partial charge >= 0.3 is 11.7 Å². The zero-order valence-corrected chi connectivity index (χ0v) is 14.4. The van der Waals surface area contributed by atoms with Crippen LogP contribution in [0.3, 0.4) is 0 Å². The van der Waals surface area contributed by atoms with Gasteiger partial charge in [-0.2, -0.15) is 0 Å². The van der Waals surface area contributed by atoms with Gasteiger partial charge in [0.2, 0.25) is 0 Å². The first-order chi connectivity index (χ1) is 11.7. The van der Waals surface area contributed by atoms with Crippen LogP contribution in [0.2, 0.25) is 0 Å². The number of aliphatic carboxylic acids is 1. The highest BCUT2D eigenvalue weighted by molar-refractivity contribution is 6.00. The predicted octanol–water partition coefficient (Wildman–Crippen LogP) is 1.08. The minimum absolute atomic E-state index is 0.167. The van der Waals surface area contributed by atoms with Gasteiger partial charge in [0.25, 0.3) is 11.5 Å². The molecule has 0 aliphatic rings. The van der Waals surface area contributed by atoms with Crippen molar-refractivity contribution < 1.29 is 14.7 Å². The second-order valence-electron chi connectivity index (χ2n) is 6.08. The van der Waals surface area contributed by atoms with Crippen LogP contribution in [0.5, 0.6) is 0 Å². The number of nitrogens with zero attached hydrogens (tertiary/aromatic N) is 1. The van der Waals surface area contributed by atoms with Crippen molar-refractivity contribution in [2.45, 2.75) is 45.7 Å². The second-order valence-corrected chi connectivity index (χ2v) is 6.08. The molecule has 0 bridgehead atoms. The molecule has 2 aromatic rings. The fraction of sp³-hybridized carbons (Fsp3) is 0.412. The molecule has 1 aromatic carbocycles. The average molecular weight is 347 g/mol. The summed E-state index contributed by atoms with van der Waals surface area (Å²) in [5.74, 6) is -1.71. The summed E-state index contributed by atoms with van der Waals surface area (Å²) in [6.07, 6.45) is 0.865. The van der Waals surface area contributed by atoms with Crippen LogP contribution in [0, 0.1) is 0 Å². The van der Waals surface area contributed by atoms with Gasteiger partial charge in [-0.3, -0.25) is 14.2 Å². The quantitative estimate of drug-likeness (QED) is 0.722. The molecule has 1 aromatic heterocycles. The van der Waals surface area contributed by atoms with Crippen molar-refractivity contribution in [1.29, 1.82) is 0 Å². The Balaban J connectivity index is 2.45. The Morgan fingerprint density at radius 3 is 2.52 bits per heavy atom. The Hall–Kier alpha value is -2.90. The van der Waals surface area contributed by atoms with Gasteiger partial charge in [-0.1, -0.05) is 13.3 Å². The van der Waals surface area contributed by atoms with Gasteiger partial charge in [-0.25, -0.2) is 9.59 Å². The van der Waals surface area contributed by atoms with Crippen molar-refractivity contribution in [1.82, 2.24) is 14.9 Å². The fourth-order valence-corrected chi connectivity index (χ4v) is 2.73. The lowest BCUT2D eigenvalue weighted by Gasteiger charge is -2.25. The lowest BCUT2D eigenvalue weighted by molar-refractivity contribution is -0.144. The van der Waals surface area contributed by atoms with Crippen LogP contribution in [0.25, 0.3) is 10.9 Å². The molecule has 0 fully saturated rings. The van der Waals surface area contributed by atoms with Crippen LogP contribution in [0.4, 0.5) is 0 Å². The second kappa shape index (κ2) is 6.92. The number of hydrogen-bond donors (Lipinski definition) is 3. The number of aromatic amines is 1. The zero-order valence-electron chi connectivity index (χ0n) is 14.4. The molecule has 1 atom stereocenters. The van der Waals surface area contributed by atoms with E-state index in [9.17, 15) is 24.3 Å². The van der Waals surface area contributed by atoms with E-state index >= 15 is 0 Å². The molecule has 0 saturated carbocycles. The molecule has 25 heavy (non-hydrogen) atoms. The molecule has 0 aliphatic carbocycles. The first kappa shape index (κ1) is 18.4. The number of H-pyrrole nitrogens is 1. The number of rotatable bonds is 6. The predicted molar refractivity (Wildman–Crippen MR) is 92.9 cm³/mol. The monoisotopic (exact) mass is 347 g/mol. The molecular weight excluding hydrogens is 326 g/mol. The van der Waals surface area contributed by atoms with E-state index in [1.807, 2.05) is 6.92 Å². The van der Waals surface area contributed by atoms with Gasteiger partial charge in [0.1, 0.15) is 5.54 Å². The standard InChI is InChI=1S/C17H21N3O5/c1-4-8-17(3,15(23)24)19-13(21)10-6-7-11-12(9-10)18-16(25)20(5-2)14(11)22/h6-7,9H,4-5,8H2,1-3H3,(H,18,25)(H,19,21)(H,23,24). The SMILES string of the molecule is CCCC(C)(NC(=O)c1ccc2c(=O)n(CC)c(=O)[nH]c2c1)C(=O)O. The third kappa shape index (κ3) is 3.47. The van der Waals surface area contributed by atoms with Crippen LogP contribution in [-0.4, -0.2) is 32.1 Å². The number of aromatic nitrogens is 2. The smallest absolute Gasteiger partial charge is 0.329 e. The summed E-state index contributed by atoms with van der Waals surface area (Å²) in [4.78, 5) is 50.6. The molecule has 0 aliphatic heterocycles. The number of fused-ring (bicyclic) bond motifs is 1. The van der Waals surface area contributed by atoms with E-state index in [-0.39, 0.29) is 29.4 Å². The Bertz CT molecular complexity index is 943. The summed E-state index contributed by atoms with van der Waals surface area (Å²) in [5, 5.41) is 12.2.